The number of hydrogen-bond acceptors (Lipinski definition) is 5. The van der Waals surface area contributed by atoms with Crippen LogP contribution in [0.4, 0.5) is 10.1 Å². The van der Waals surface area contributed by atoms with Crippen molar-refractivity contribution in [2.75, 3.05) is 19.5 Å². The van der Waals surface area contributed by atoms with E-state index in [1.54, 1.807) is 66.4 Å². The maximum Gasteiger partial charge on any atom is 0.263 e. The zero-order valence-corrected chi connectivity index (χ0v) is 19.1. The van der Waals surface area contributed by atoms with Crippen LogP contribution in [-0.2, 0) is 17.9 Å². The molecule has 0 spiro atoms. The molecule has 8 heteroatoms. The van der Waals surface area contributed by atoms with Crippen molar-refractivity contribution in [1.82, 2.24) is 4.90 Å². The minimum absolute atomic E-state index is 0.105. The number of benzene rings is 3. The molecule has 1 aliphatic heterocycles. The molecule has 0 saturated heterocycles. The number of methoxy groups -OCH3 is 2. The molecule has 0 fully saturated rings. The Labute approximate surface area is 197 Å². The Morgan fingerprint density at radius 2 is 1.79 bits per heavy atom. The summed E-state index contributed by atoms with van der Waals surface area (Å²) in [4.78, 5) is 27.5. The molecule has 1 N–H and O–H groups in total. The molecule has 7 nitrogen and oxygen atoms in total. The first-order valence-electron chi connectivity index (χ1n) is 10.8. The van der Waals surface area contributed by atoms with E-state index in [1.807, 2.05) is 0 Å². The summed E-state index contributed by atoms with van der Waals surface area (Å²) in [5.74, 6) is 0.265. The van der Waals surface area contributed by atoms with Gasteiger partial charge in [0.15, 0.2) is 6.10 Å². The molecule has 0 aliphatic carbocycles. The van der Waals surface area contributed by atoms with Gasteiger partial charge in [-0.25, -0.2) is 4.39 Å². The van der Waals surface area contributed by atoms with Crippen LogP contribution in [0.2, 0.25) is 0 Å². The van der Waals surface area contributed by atoms with E-state index in [2.05, 4.69) is 5.32 Å². The number of nitrogens with one attached hydrogen (secondary N) is 1. The lowest BCUT2D eigenvalue weighted by Crippen LogP contribution is -2.37. The Kier molecular flexibility index (Phi) is 6.67. The Bertz CT molecular complexity index is 1210. The van der Waals surface area contributed by atoms with E-state index in [4.69, 9.17) is 14.2 Å². The molecule has 176 valence electrons. The second-order valence-electron chi connectivity index (χ2n) is 7.86. The van der Waals surface area contributed by atoms with Crippen LogP contribution in [0, 0.1) is 5.82 Å². The molecule has 1 atom stereocenters. The van der Waals surface area contributed by atoms with E-state index in [9.17, 15) is 14.0 Å². The summed E-state index contributed by atoms with van der Waals surface area (Å²) in [5.41, 5.74) is 1.88. The van der Waals surface area contributed by atoms with Gasteiger partial charge in [0.1, 0.15) is 28.6 Å². The third kappa shape index (κ3) is 4.66. The maximum absolute atomic E-state index is 14.2. The molecule has 0 unspecified atom stereocenters. The van der Waals surface area contributed by atoms with Crippen molar-refractivity contribution in [3.63, 3.8) is 0 Å². The number of carbonyl (C=O) groups excluding carboxylic acids is 2. The molecule has 0 bridgehead atoms. The van der Waals surface area contributed by atoms with Gasteiger partial charge in [-0.15, -0.1) is 0 Å². The molecule has 1 heterocycles. The summed E-state index contributed by atoms with van der Waals surface area (Å²) in [6.07, 6.45) is -0.730. The van der Waals surface area contributed by atoms with Crippen molar-refractivity contribution < 1.29 is 28.2 Å². The van der Waals surface area contributed by atoms with Crippen molar-refractivity contribution in [2.24, 2.45) is 0 Å². The number of rotatable bonds is 6. The number of nitrogens with zero attached hydrogens (tertiary/aromatic N) is 1. The summed E-state index contributed by atoms with van der Waals surface area (Å²) < 4.78 is 30.7. The highest BCUT2D eigenvalue weighted by atomic mass is 19.1. The Morgan fingerprint density at radius 3 is 2.47 bits per heavy atom. The van der Waals surface area contributed by atoms with Crippen LogP contribution in [-0.4, -0.2) is 37.0 Å². The van der Waals surface area contributed by atoms with Crippen molar-refractivity contribution >= 4 is 17.5 Å². The van der Waals surface area contributed by atoms with Gasteiger partial charge in [0.2, 0.25) is 0 Å². The summed E-state index contributed by atoms with van der Waals surface area (Å²) >= 11 is 0. The summed E-state index contributed by atoms with van der Waals surface area (Å²) in [7, 11) is 2.96. The van der Waals surface area contributed by atoms with E-state index in [-0.39, 0.29) is 30.4 Å². The fourth-order valence-corrected chi connectivity index (χ4v) is 3.91. The highest BCUT2D eigenvalue weighted by Crippen LogP contribution is 2.32. The van der Waals surface area contributed by atoms with Gasteiger partial charge in [-0.05, 0) is 43.3 Å². The predicted octanol–water partition coefficient (Wildman–Crippen LogP) is 4.40. The van der Waals surface area contributed by atoms with E-state index in [1.165, 1.54) is 20.3 Å². The molecule has 34 heavy (non-hydrogen) atoms. The standard InChI is InChI=1S/C26H25FN2O5/c1-16-26(31)29(14-17-7-4-5-8-20(17)27)15-18-13-19(11-12-21(18)34-16)28-25(30)24-22(32-2)9-6-10-23(24)33-3/h4-13,16H,14-15H2,1-3H3,(H,28,30)/t16-/m1/s1. The minimum Gasteiger partial charge on any atom is -0.496 e. The molecular weight excluding hydrogens is 439 g/mol. The van der Waals surface area contributed by atoms with Crippen molar-refractivity contribution in [1.29, 1.82) is 0 Å². The Morgan fingerprint density at radius 1 is 1.09 bits per heavy atom. The fourth-order valence-electron chi connectivity index (χ4n) is 3.91. The normalized spacial score (nSPS) is 15.1. The van der Waals surface area contributed by atoms with Gasteiger partial charge in [-0.1, -0.05) is 24.3 Å². The molecule has 1 aliphatic rings. The molecule has 0 aromatic heterocycles. The van der Waals surface area contributed by atoms with Gasteiger partial charge in [0.05, 0.1) is 14.2 Å². The molecule has 4 rings (SSSR count). The van der Waals surface area contributed by atoms with Gasteiger partial charge in [-0.3, -0.25) is 9.59 Å². The van der Waals surface area contributed by atoms with Crippen molar-refractivity contribution in [2.45, 2.75) is 26.1 Å². The van der Waals surface area contributed by atoms with Crippen LogP contribution in [0.1, 0.15) is 28.4 Å². The first-order chi connectivity index (χ1) is 16.4. The zero-order valence-electron chi connectivity index (χ0n) is 19.1. The maximum atomic E-state index is 14.2. The molecule has 0 radical (unpaired) electrons. The summed E-state index contributed by atoms with van der Waals surface area (Å²) in [6, 6.07) is 16.6. The lowest BCUT2D eigenvalue weighted by atomic mass is 10.1. The molecule has 2 amide bonds. The van der Waals surface area contributed by atoms with Crippen LogP contribution in [0.15, 0.2) is 60.7 Å². The largest absolute Gasteiger partial charge is 0.496 e. The summed E-state index contributed by atoms with van der Waals surface area (Å²) in [5, 5.41) is 2.86. The number of carbonyl (C=O) groups is 2. The van der Waals surface area contributed by atoms with E-state index in [0.717, 1.165) is 0 Å². The molecule has 3 aromatic carbocycles. The van der Waals surface area contributed by atoms with Crippen molar-refractivity contribution in [3.8, 4) is 17.2 Å². The molecular formula is C26H25FN2O5. The number of ether oxygens (including phenoxy) is 3. The minimum atomic E-state index is -0.730. The van der Waals surface area contributed by atoms with Crippen LogP contribution < -0.4 is 19.5 Å². The highest BCUT2D eigenvalue weighted by molar-refractivity contribution is 6.08. The average molecular weight is 464 g/mol. The average Bonchev–Trinajstić information content (AvgIpc) is 2.95. The topological polar surface area (TPSA) is 77.1 Å². The second kappa shape index (κ2) is 9.82. The predicted molar refractivity (Wildman–Crippen MR) is 125 cm³/mol. The quantitative estimate of drug-likeness (QED) is 0.585. The monoisotopic (exact) mass is 464 g/mol. The third-order valence-corrected chi connectivity index (χ3v) is 5.62. The molecule has 3 aromatic rings. The zero-order chi connectivity index (χ0) is 24.2. The lowest BCUT2D eigenvalue weighted by molar-refractivity contribution is -0.138. The second-order valence-corrected chi connectivity index (χ2v) is 7.86. The van der Waals surface area contributed by atoms with Gasteiger partial charge in [0.25, 0.3) is 11.8 Å². The number of fused-ring (bicyclic) bond motifs is 1. The lowest BCUT2D eigenvalue weighted by Gasteiger charge is -2.22. The van der Waals surface area contributed by atoms with Crippen LogP contribution >= 0.6 is 0 Å². The number of amides is 2. The van der Waals surface area contributed by atoms with Crippen LogP contribution in [0.3, 0.4) is 0 Å². The Hall–Kier alpha value is -4.07. The third-order valence-electron chi connectivity index (χ3n) is 5.62. The van der Waals surface area contributed by atoms with Crippen LogP contribution in [0.25, 0.3) is 0 Å². The van der Waals surface area contributed by atoms with Crippen molar-refractivity contribution in [3.05, 3.63) is 83.2 Å². The number of hydrogen-bond donors (Lipinski definition) is 1. The fraction of sp³-hybridized carbons (Fsp3) is 0.231. The summed E-state index contributed by atoms with van der Waals surface area (Å²) in [6.45, 7) is 1.97. The van der Waals surface area contributed by atoms with E-state index >= 15 is 0 Å². The SMILES string of the molecule is COc1cccc(OC)c1C(=O)Nc1ccc2c(c1)CN(Cc1ccccc1F)C(=O)[C@@H](C)O2. The van der Waals surface area contributed by atoms with Gasteiger partial charge in [0, 0.05) is 29.9 Å². The smallest absolute Gasteiger partial charge is 0.263 e. The van der Waals surface area contributed by atoms with Gasteiger partial charge >= 0.3 is 0 Å². The first kappa shape index (κ1) is 23.1. The number of anilines is 1. The first-order valence-corrected chi connectivity index (χ1v) is 10.8. The van der Waals surface area contributed by atoms with Gasteiger partial charge in [-0.2, -0.15) is 0 Å². The van der Waals surface area contributed by atoms with Crippen LogP contribution in [0.5, 0.6) is 17.2 Å². The van der Waals surface area contributed by atoms with Gasteiger partial charge < -0.3 is 24.4 Å². The Balaban J connectivity index is 1.61. The van der Waals surface area contributed by atoms with E-state index in [0.29, 0.717) is 34.1 Å². The highest BCUT2D eigenvalue weighted by Gasteiger charge is 2.29. The number of halogens is 1. The molecule has 0 saturated carbocycles. The van der Waals surface area contributed by atoms with E-state index < -0.39 is 12.0 Å².